The molecule has 2 aliphatic rings. The van der Waals surface area contributed by atoms with E-state index in [2.05, 4.69) is 27.8 Å². The Morgan fingerprint density at radius 2 is 1.95 bits per heavy atom. The van der Waals surface area contributed by atoms with Crippen LogP contribution in [-0.4, -0.2) is 53.8 Å². The van der Waals surface area contributed by atoms with E-state index in [4.69, 9.17) is 4.74 Å². The monoisotopic (exact) mass is 530 g/mol. The van der Waals surface area contributed by atoms with Crippen molar-refractivity contribution in [2.24, 2.45) is 5.92 Å². The number of amides is 3. The van der Waals surface area contributed by atoms with Gasteiger partial charge in [0.05, 0.1) is 25.2 Å². The summed E-state index contributed by atoms with van der Waals surface area (Å²) in [6.45, 7) is 2.11. The third-order valence-electron chi connectivity index (χ3n) is 7.22. The molecule has 2 fully saturated rings. The van der Waals surface area contributed by atoms with E-state index in [1.165, 1.54) is 42.0 Å². The molecule has 202 valence electrons. The number of pyridine rings is 1. The zero-order valence-corrected chi connectivity index (χ0v) is 21.9. The van der Waals surface area contributed by atoms with E-state index >= 15 is 0 Å². The topological polar surface area (TPSA) is 101 Å². The maximum Gasteiger partial charge on any atom is 0.270 e. The number of likely N-dealkylation sites (tertiary alicyclic amines) is 1. The Hall–Kier alpha value is -4.27. The molecule has 0 unspecified atom stereocenters. The van der Waals surface area contributed by atoms with E-state index in [0.29, 0.717) is 29.8 Å². The van der Waals surface area contributed by atoms with Crippen molar-refractivity contribution in [3.63, 3.8) is 0 Å². The Labute approximate surface area is 226 Å². The zero-order valence-electron chi connectivity index (χ0n) is 21.9. The minimum Gasteiger partial charge on any atom is -0.497 e. The Morgan fingerprint density at radius 1 is 1.13 bits per heavy atom. The second-order valence-electron chi connectivity index (χ2n) is 10.0. The van der Waals surface area contributed by atoms with Crippen molar-refractivity contribution < 1.29 is 23.5 Å². The number of aromatic nitrogens is 1. The first-order chi connectivity index (χ1) is 18.8. The predicted octanol–water partition coefficient (Wildman–Crippen LogP) is 4.01. The molecule has 0 spiro atoms. The highest BCUT2D eigenvalue weighted by Crippen LogP contribution is 2.32. The second kappa shape index (κ2) is 11.2. The molecule has 2 N–H and O–H groups in total. The summed E-state index contributed by atoms with van der Waals surface area (Å²) in [5, 5.41) is 6.20. The number of rotatable bonds is 9. The van der Waals surface area contributed by atoms with Crippen LogP contribution < -0.4 is 15.4 Å². The summed E-state index contributed by atoms with van der Waals surface area (Å²) >= 11 is 0. The molecule has 2 atom stereocenters. The summed E-state index contributed by atoms with van der Waals surface area (Å²) < 4.78 is 18.8. The molecule has 1 saturated heterocycles. The van der Waals surface area contributed by atoms with Crippen molar-refractivity contribution in [1.82, 2.24) is 20.5 Å². The van der Waals surface area contributed by atoms with E-state index in [1.807, 2.05) is 25.1 Å². The molecule has 0 radical (unpaired) electrons. The van der Waals surface area contributed by atoms with E-state index in [9.17, 15) is 18.8 Å². The maximum atomic E-state index is 13.4. The minimum atomic E-state index is -0.589. The minimum absolute atomic E-state index is 0.125. The highest BCUT2D eigenvalue weighted by Gasteiger charge is 2.38. The molecular weight excluding hydrogens is 499 g/mol. The standard InChI is InChI=1S/C30H31FN4O4/c1-18(24-10-9-23(39-2)16-20(24)6-5-19-3-4-19)33-30(38)27-13-14-35(27)28(36)17-32-29(37)26-11-7-21-15-22(31)8-12-25(21)34-26/h5-12,15-16,18-19,27H,3-4,13-14,17H2,1-2H3,(H,32,37)(H,33,38)/b6-5+/t18-,27-/m0/s1. The lowest BCUT2D eigenvalue weighted by atomic mass is 9.98. The van der Waals surface area contributed by atoms with Crippen molar-refractivity contribution >= 4 is 34.7 Å². The number of methoxy groups -OCH3 is 1. The number of carbonyl (C=O) groups is 3. The summed E-state index contributed by atoms with van der Waals surface area (Å²) in [6.07, 6.45) is 7.24. The van der Waals surface area contributed by atoms with Gasteiger partial charge in [-0.1, -0.05) is 24.3 Å². The smallest absolute Gasteiger partial charge is 0.270 e. The number of nitrogens with one attached hydrogen (secondary N) is 2. The van der Waals surface area contributed by atoms with Gasteiger partial charge in [0, 0.05) is 11.9 Å². The van der Waals surface area contributed by atoms with Crippen molar-refractivity contribution in [2.45, 2.75) is 38.3 Å². The molecular formula is C30H31FN4O4. The number of halogens is 1. The van der Waals surface area contributed by atoms with Gasteiger partial charge in [-0.05, 0) is 79.6 Å². The number of hydrogen-bond donors (Lipinski definition) is 2. The highest BCUT2D eigenvalue weighted by molar-refractivity contribution is 5.97. The summed E-state index contributed by atoms with van der Waals surface area (Å²) in [6, 6.07) is 12.1. The molecule has 3 aromatic rings. The Kier molecular flexibility index (Phi) is 7.58. The predicted molar refractivity (Wildman–Crippen MR) is 145 cm³/mol. The molecule has 1 aliphatic heterocycles. The first-order valence-corrected chi connectivity index (χ1v) is 13.1. The maximum absolute atomic E-state index is 13.4. The number of nitrogens with zero attached hydrogens (tertiary/aromatic N) is 2. The van der Waals surface area contributed by atoms with Crippen LogP contribution in [0.5, 0.6) is 5.75 Å². The van der Waals surface area contributed by atoms with Crippen molar-refractivity contribution in [1.29, 1.82) is 0 Å². The molecule has 2 aromatic carbocycles. The molecule has 39 heavy (non-hydrogen) atoms. The van der Waals surface area contributed by atoms with Gasteiger partial charge in [0.25, 0.3) is 5.91 Å². The van der Waals surface area contributed by atoms with Crippen LogP contribution in [0, 0.1) is 11.7 Å². The van der Waals surface area contributed by atoms with Crippen LogP contribution in [0.25, 0.3) is 17.0 Å². The lowest BCUT2D eigenvalue weighted by Crippen LogP contribution is -2.60. The van der Waals surface area contributed by atoms with Gasteiger partial charge < -0.3 is 20.3 Å². The highest BCUT2D eigenvalue weighted by atomic mass is 19.1. The van der Waals surface area contributed by atoms with Gasteiger partial charge in [-0.3, -0.25) is 14.4 Å². The van der Waals surface area contributed by atoms with Gasteiger partial charge in [0.1, 0.15) is 23.3 Å². The van der Waals surface area contributed by atoms with E-state index in [1.54, 1.807) is 13.2 Å². The van der Waals surface area contributed by atoms with E-state index < -0.39 is 11.9 Å². The van der Waals surface area contributed by atoms with Gasteiger partial charge in [0.15, 0.2) is 0 Å². The van der Waals surface area contributed by atoms with Crippen LogP contribution in [0.1, 0.15) is 53.8 Å². The summed E-state index contributed by atoms with van der Waals surface area (Å²) in [4.78, 5) is 44.2. The average molecular weight is 531 g/mol. The number of allylic oxidation sites excluding steroid dienone is 1. The van der Waals surface area contributed by atoms with Gasteiger partial charge in [-0.15, -0.1) is 0 Å². The number of carbonyl (C=O) groups excluding carboxylic acids is 3. The quantitative estimate of drug-likeness (QED) is 0.435. The molecule has 3 amide bonds. The molecule has 8 nitrogen and oxygen atoms in total. The summed E-state index contributed by atoms with van der Waals surface area (Å²) in [7, 11) is 1.62. The van der Waals surface area contributed by atoms with E-state index in [0.717, 1.165) is 16.9 Å². The first-order valence-electron chi connectivity index (χ1n) is 13.1. The number of fused-ring (bicyclic) bond motifs is 1. The Bertz CT molecular complexity index is 1450. The van der Waals surface area contributed by atoms with E-state index in [-0.39, 0.29) is 35.9 Å². The fourth-order valence-electron chi connectivity index (χ4n) is 4.66. The molecule has 1 aromatic heterocycles. The lowest BCUT2D eigenvalue weighted by Gasteiger charge is -2.40. The second-order valence-corrected chi connectivity index (χ2v) is 10.0. The zero-order chi connectivity index (χ0) is 27.5. The molecule has 9 heteroatoms. The third kappa shape index (κ3) is 6.08. The summed E-state index contributed by atoms with van der Waals surface area (Å²) in [5.74, 6) is -0.114. The van der Waals surface area contributed by atoms with Crippen molar-refractivity contribution in [2.75, 3.05) is 20.2 Å². The van der Waals surface area contributed by atoms with Gasteiger partial charge >= 0.3 is 0 Å². The molecule has 1 aliphatic carbocycles. The first kappa shape index (κ1) is 26.3. The molecule has 5 rings (SSSR count). The van der Waals surface area contributed by atoms with Crippen LogP contribution in [0.15, 0.2) is 54.6 Å². The SMILES string of the molecule is COc1ccc([C@H](C)NC(=O)[C@@H]2CCN2C(=O)CNC(=O)c2ccc3cc(F)ccc3n2)c(/C=C/C2CC2)c1. The van der Waals surface area contributed by atoms with Crippen LogP contribution in [0.2, 0.25) is 0 Å². The number of benzene rings is 2. The summed E-state index contributed by atoms with van der Waals surface area (Å²) in [5.41, 5.74) is 2.56. The Morgan fingerprint density at radius 3 is 2.67 bits per heavy atom. The Balaban J connectivity index is 1.17. The van der Waals surface area contributed by atoms with Crippen molar-refractivity contribution in [3.8, 4) is 5.75 Å². The number of ether oxygens (including phenoxy) is 1. The van der Waals surface area contributed by atoms with Crippen LogP contribution in [-0.2, 0) is 9.59 Å². The number of hydrogen-bond acceptors (Lipinski definition) is 5. The fraction of sp³-hybridized carbons (Fsp3) is 0.333. The van der Waals surface area contributed by atoms with Crippen LogP contribution >= 0.6 is 0 Å². The molecule has 2 heterocycles. The normalized spacial score (nSPS) is 17.5. The van der Waals surface area contributed by atoms with Gasteiger partial charge in [-0.25, -0.2) is 9.37 Å². The van der Waals surface area contributed by atoms with Gasteiger partial charge in [-0.2, -0.15) is 0 Å². The molecule has 1 saturated carbocycles. The average Bonchev–Trinajstić information content (AvgIpc) is 3.74. The molecule has 0 bridgehead atoms. The van der Waals surface area contributed by atoms with Gasteiger partial charge in [0.2, 0.25) is 11.8 Å². The largest absolute Gasteiger partial charge is 0.497 e. The van der Waals surface area contributed by atoms with Crippen LogP contribution in [0.3, 0.4) is 0 Å². The fourth-order valence-corrected chi connectivity index (χ4v) is 4.66. The lowest BCUT2D eigenvalue weighted by molar-refractivity contribution is -0.146. The van der Waals surface area contributed by atoms with Crippen LogP contribution in [0.4, 0.5) is 4.39 Å². The van der Waals surface area contributed by atoms with Crippen molar-refractivity contribution in [3.05, 3.63) is 77.2 Å². The third-order valence-corrected chi connectivity index (χ3v) is 7.22.